The third kappa shape index (κ3) is 2.05. The Morgan fingerprint density at radius 3 is 2.95 bits per heavy atom. The SMILES string of the molecule is Cn1cc(CN2CC(C(=O)O)c3ccccc32)nn1. The molecule has 0 fully saturated rings. The van der Waals surface area contributed by atoms with E-state index in [1.54, 1.807) is 4.68 Å². The van der Waals surface area contributed by atoms with E-state index in [0.717, 1.165) is 16.9 Å². The summed E-state index contributed by atoms with van der Waals surface area (Å²) in [6.07, 6.45) is 1.84. The third-order valence-electron chi connectivity index (χ3n) is 3.36. The van der Waals surface area contributed by atoms with Gasteiger partial charge < -0.3 is 10.0 Å². The molecule has 6 heteroatoms. The van der Waals surface area contributed by atoms with E-state index in [2.05, 4.69) is 10.3 Å². The minimum Gasteiger partial charge on any atom is -0.481 e. The molecule has 1 aromatic carbocycles. The summed E-state index contributed by atoms with van der Waals surface area (Å²) in [5, 5.41) is 17.2. The first kappa shape index (κ1) is 11.7. The summed E-state index contributed by atoms with van der Waals surface area (Å²) in [6.45, 7) is 1.06. The summed E-state index contributed by atoms with van der Waals surface area (Å²) in [7, 11) is 1.81. The number of carbonyl (C=O) groups is 1. The summed E-state index contributed by atoms with van der Waals surface area (Å²) in [5.74, 6) is -1.25. The quantitative estimate of drug-likeness (QED) is 0.889. The van der Waals surface area contributed by atoms with E-state index >= 15 is 0 Å². The molecule has 1 atom stereocenters. The van der Waals surface area contributed by atoms with Crippen LogP contribution >= 0.6 is 0 Å². The number of aliphatic carboxylic acids is 1. The Morgan fingerprint density at radius 2 is 2.26 bits per heavy atom. The summed E-state index contributed by atoms with van der Waals surface area (Å²) in [4.78, 5) is 13.3. The molecule has 0 spiro atoms. The van der Waals surface area contributed by atoms with Gasteiger partial charge >= 0.3 is 5.97 Å². The van der Waals surface area contributed by atoms with Crippen LogP contribution in [0.5, 0.6) is 0 Å². The van der Waals surface area contributed by atoms with E-state index in [9.17, 15) is 9.90 Å². The number of anilines is 1. The van der Waals surface area contributed by atoms with Crippen LogP contribution in [0.25, 0.3) is 0 Å². The van der Waals surface area contributed by atoms with Gasteiger partial charge in [-0.25, -0.2) is 0 Å². The normalized spacial score (nSPS) is 17.5. The van der Waals surface area contributed by atoms with Crippen molar-refractivity contribution in [2.24, 2.45) is 7.05 Å². The zero-order valence-electron chi connectivity index (χ0n) is 10.5. The van der Waals surface area contributed by atoms with Crippen LogP contribution in [0, 0.1) is 0 Å². The number of carboxylic acids is 1. The van der Waals surface area contributed by atoms with Crippen molar-refractivity contribution in [1.29, 1.82) is 0 Å². The average molecular weight is 258 g/mol. The molecular formula is C13H14N4O2. The molecule has 98 valence electrons. The highest BCUT2D eigenvalue weighted by Gasteiger charge is 2.33. The number of rotatable bonds is 3. The Labute approximate surface area is 110 Å². The van der Waals surface area contributed by atoms with Crippen molar-refractivity contribution >= 4 is 11.7 Å². The van der Waals surface area contributed by atoms with Crippen LogP contribution < -0.4 is 4.90 Å². The van der Waals surface area contributed by atoms with Gasteiger partial charge in [-0.15, -0.1) is 5.10 Å². The third-order valence-corrected chi connectivity index (χ3v) is 3.36. The fraction of sp³-hybridized carbons (Fsp3) is 0.308. The molecule has 0 saturated carbocycles. The zero-order valence-corrected chi connectivity index (χ0v) is 10.5. The highest BCUT2D eigenvalue weighted by atomic mass is 16.4. The van der Waals surface area contributed by atoms with Gasteiger partial charge in [-0.3, -0.25) is 9.48 Å². The summed E-state index contributed by atoms with van der Waals surface area (Å²) in [5.41, 5.74) is 2.68. The van der Waals surface area contributed by atoms with Crippen LogP contribution in [0.2, 0.25) is 0 Å². The van der Waals surface area contributed by atoms with E-state index in [-0.39, 0.29) is 0 Å². The van der Waals surface area contributed by atoms with Crippen LogP contribution in [0.15, 0.2) is 30.5 Å². The Balaban J connectivity index is 1.90. The molecule has 1 N–H and O–H groups in total. The molecule has 0 aliphatic carbocycles. The van der Waals surface area contributed by atoms with Crippen LogP contribution in [-0.2, 0) is 18.4 Å². The van der Waals surface area contributed by atoms with Crippen LogP contribution in [0.3, 0.4) is 0 Å². The van der Waals surface area contributed by atoms with Crippen molar-refractivity contribution in [2.45, 2.75) is 12.5 Å². The molecule has 2 heterocycles. The van der Waals surface area contributed by atoms with E-state index < -0.39 is 11.9 Å². The fourth-order valence-electron chi connectivity index (χ4n) is 2.51. The second-order valence-electron chi connectivity index (χ2n) is 4.71. The first-order valence-corrected chi connectivity index (χ1v) is 6.07. The summed E-state index contributed by atoms with van der Waals surface area (Å²) >= 11 is 0. The van der Waals surface area contributed by atoms with Gasteiger partial charge in [-0.2, -0.15) is 0 Å². The molecule has 3 rings (SSSR count). The predicted octanol–water partition coefficient (Wildman–Crippen LogP) is 1.00. The molecule has 0 bridgehead atoms. The minimum atomic E-state index is -0.783. The molecule has 2 aromatic rings. The highest BCUT2D eigenvalue weighted by molar-refractivity contribution is 5.82. The number of aryl methyl sites for hydroxylation is 1. The Kier molecular flexibility index (Phi) is 2.70. The lowest BCUT2D eigenvalue weighted by Gasteiger charge is -2.17. The average Bonchev–Trinajstić information content (AvgIpc) is 2.95. The van der Waals surface area contributed by atoms with Crippen molar-refractivity contribution < 1.29 is 9.90 Å². The summed E-state index contributed by atoms with van der Waals surface area (Å²) in [6, 6.07) is 7.63. The fourth-order valence-corrected chi connectivity index (χ4v) is 2.51. The lowest BCUT2D eigenvalue weighted by molar-refractivity contribution is -0.138. The topological polar surface area (TPSA) is 71.2 Å². The highest BCUT2D eigenvalue weighted by Crippen LogP contribution is 2.36. The maximum absolute atomic E-state index is 11.3. The van der Waals surface area contributed by atoms with Gasteiger partial charge in [0.15, 0.2) is 0 Å². The van der Waals surface area contributed by atoms with Crippen molar-refractivity contribution in [3.8, 4) is 0 Å². The number of hydrogen-bond acceptors (Lipinski definition) is 4. The first-order chi connectivity index (χ1) is 9.15. The van der Waals surface area contributed by atoms with Crippen molar-refractivity contribution in [3.05, 3.63) is 41.7 Å². The number of benzene rings is 1. The minimum absolute atomic E-state index is 0.465. The molecule has 1 aromatic heterocycles. The molecule has 1 aliphatic rings. The van der Waals surface area contributed by atoms with E-state index in [0.29, 0.717) is 13.1 Å². The molecule has 1 unspecified atom stereocenters. The molecule has 0 amide bonds. The first-order valence-electron chi connectivity index (χ1n) is 6.07. The molecule has 19 heavy (non-hydrogen) atoms. The van der Waals surface area contributed by atoms with Gasteiger partial charge in [-0.1, -0.05) is 23.4 Å². The Bertz CT molecular complexity index is 623. The van der Waals surface area contributed by atoms with Gasteiger partial charge in [0.2, 0.25) is 0 Å². The Morgan fingerprint density at radius 1 is 1.47 bits per heavy atom. The molecule has 1 aliphatic heterocycles. The van der Waals surface area contributed by atoms with Gasteiger partial charge in [0.25, 0.3) is 0 Å². The van der Waals surface area contributed by atoms with Crippen molar-refractivity contribution in [1.82, 2.24) is 15.0 Å². The van der Waals surface area contributed by atoms with Crippen LogP contribution in [0.4, 0.5) is 5.69 Å². The molecular weight excluding hydrogens is 244 g/mol. The van der Waals surface area contributed by atoms with Crippen LogP contribution in [-0.4, -0.2) is 32.6 Å². The van der Waals surface area contributed by atoms with Crippen LogP contribution in [0.1, 0.15) is 17.2 Å². The van der Waals surface area contributed by atoms with Gasteiger partial charge in [0, 0.05) is 25.5 Å². The van der Waals surface area contributed by atoms with E-state index in [1.807, 2.05) is 42.4 Å². The predicted molar refractivity (Wildman–Crippen MR) is 68.9 cm³/mol. The molecule has 0 saturated heterocycles. The molecule has 0 radical (unpaired) electrons. The lowest BCUT2D eigenvalue weighted by atomic mass is 10.0. The van der Waals surface area contributed by atoms with Gasteiger partial charge in [-0.05, 0) is 11.6 Å². The number of para-hydroxylation sites is 1. The second kappa shape index (κ2) is 4.38. The maximum Gasteiger partial charge on any atom is 0.312 e. The summed E-state index contributed by atoms with van der Waals surface area (Å²) < 4.78 is 1.64. The maximum atomic E-state index is 11.3. The van der Waals surface area contributed by atoms with Gasteiger partial charge in [0.05, 0.1) is 6.54 Å². The van der Waals surface area contributed by atoms with E-state index in [4.69, 9.17) is 0 Å². The van der Waals surface area contributed by atoms with Crippen molar-refractivity contribution in [2.75, 3.05) is 11.4 Å². The monoisotopic (exact) mass is 258 g/mol. The smallest absolute Gasteiger partial charge is 0.312 e. The zero-order chi connectivity index (χ0) is 13.4. The number of nitrogens with zero attached hydrogens (tertiary/aromatic N) is 4. The lowest BCUT2D eigenvalue weighted by Crippen LogP contribution is -2.24. The number of hydrogen-bond donors (Lipinski definition) is 1. The molecule has 6 nitrogen and oxygen atoms in total. The largest absolute Gasteiger partial charge is 0.481 e. The Hall–Kier alpha value is -2.37. The standard InChI is InChI=1S/C13H14N4O2/c1-16-6-9(14-15-16)7-17-8-11(13(18)19)10-4-2-3-5-12(10)17/h2-6,11H,7-8H2,1H3,(H,18,19). The number of fused-ring (bicyclic) bond motifs is 1. The number of carboxylic acid groups (broad SMARTS) is 1. The number of aromatic nitrogens is 3. The van der Waals surface area contributed by atoms with E-state index in [1.165, 1.54) is 0 Å². The van der Waals surface area contributed by atoms with Gasteiger partial charge in [0.1, 0.15) is 11.6 Å². The van der Waals surface area contributed by atoms with Crippen molar-refractivity contribution in [3.63, 3.8) is 0 Å². The second-order valence-corrected chi connectivity index (χ2v) is 4.71.